The molecular formula is C26H28N4O3. The Hall–Kier alpha value is -3.68. The van der Waals surface area contributed by atoms with Gasteiger partial charge in [-0.25, -0.2) is 4.58 Å². The zero-order valence-corrected chi connectivity index (χ0v) is 18.9. The maximum absolute atomic E-state index is 11.9. The summed E-state index contributed by atoms with van der Waals surface area (Å²) in [7, 11) is 3.95. The lowest BCUT2D eigenvalue weighted by Crippen LogP contribution is -2.30. The van der Waals surface area contributed by atoms with Gasteiger partial charge in [0.2, 0.25) is 5.36 Å². The number of carbonyl (C=O) groups is 1. The third kappa shape index (κ3) is 4.33. The Morgan fingerprint density at radius 1 is 1.03 bits per heavy atom. The molecule has 0 radical (unpaired) electrons. The number of likely N-dealkylation sites (N-methyl/N-ethyl adjacent to an activating group) is 2. The Labute approximate surface area is 192 Å². The highest BCUT2D eigenvalue weighted by Crippen LogP contribution is 2.41. The lowest BCUT2D eigenvalue weighted by molar-refractivity contribution is -0.254. The predicted octanol–water partition coefficient (Wildman–Crippen LogP) is 1.32. The number of nitrogens with zero attached hydrogens (tertiary/aromatic N) is 2. The molecular weight excluding hydrogens is 416 g/mol. The number of anilines is 1. The summed E-state index contributed by atoms with van der Waals surface area (Å²) >= 11 is 0. The quantitative estimate of drug-likeness (QED) is 0.329. The van der Waals surface area contributed by atoms with Gasteiger partial charge in [-0.05, 0) is 23.8 Å². The summed E-state index contributed by atoms with van der Waals surface area (Å²) < 4.78 is 8.42. The minimum Gasteiger partial charge on any atom is -0.545 e. The van der Waals surface area contributed by atoms with Crippen LogP contribution in [0.15, 0.2) is 65.1 Å². The van der Waals surface area contributed by atoms with Crippen LogP contribution in [0.3, 0.4) is 0 Å². The van der Waals surface area contributed by atoms with E-state index in [0.717, 1.165) is 27.6 Å². The molecule has 0 aromatic heterocycles. The van der Waals surface area contributed by atoms with E-state index >= 15 is 0 Å². The van der Waals surface area contributed by atoms with Crippen LogP contribution in [0.2, 0.25) is 0 Å². The van der Waals surface area contributed by atoms with Crippen LogP contribution < -0.4 is 31.4 Å². The van der Waals surface area contributed by atoms with Crippen molar-refractivity contribution >= 4 is 22.6 Å². The second kappa shape index (κ2) is 9.44. The molecule has 2 aromatic carbocycles. The number of carbonyl (C=O) groups excluding carboxylic acids is 1. The van der Waals surface area contributed by atoms with E-state index in [1.165, 1.54) is 0 Å². The van der Waals surface area contributed by atoms with Gasteiger partial charge in [0.15, 0.2) is 6.54 Å². The third-order valence-corrected chi connectivity index (χ3v) is 5.92. The van der Waals surface area contributed by atoms with Crippen LogP contribution in [0.25, 0.3) is 33.4 Å². The zero-order chi connectivity index (χ0) is 23.5. The van der Waals surface area contributed by atoms with E-state index in [0.29, 0.717) is 43.1 Å². The fraction of sp³-hybridized carbons (Fsp3) is 0.231. The monoisotopic (exact) mass is 444 g/mol. The Balaban J connectivity index is 2.09. The van der Waals surface area contributed by atoms with Gasteiger partial charge in [-0.15, -0.1) is 0 Å². The summed E-state index contributed by atoms with van der Waals surface area (Å²) in [5.41, 5.74) is 15.4. The SMILES string of the molecule is CN(CCN)c1ccc2c(-c3ccccc3C(=O)[O-])c3ccc(=[N+](C)CCN)cc-3oc2c1. The highest BCUT2D eigenvalue weighted by molar-refractivity contribution is 6.07. The first kappa shape index (κ1) is 22.5. The second-order valence-electron chi connectivity index (χ2n) is 8.09. The lowest BCUT2D eigenvalue weighted by Gasteiger charge is -2.21. The molecule has 4 rings (SSSR count). The summed E-state index contributed by atoms with van der Waals surface area (Å²) in [6, 6.07) is 18.8. The molecule has 0 saturated heterocycles. The molecule has 1 aliphatic heterocycles. The standard InChI is InChI=1S/C26H28N4O3/c1-29(13-11-27)17-7-9-21-23(15-17)33-24-16-18(30(2)14-12-28)8-10-22(24)25(21)19-5-3-4-6-20(19)26(31)32/h3-10,15-16H,11-14,27-28H2,1-2H3. The molecule has 2 aliphatic rings. The molecule has 7 heteroatoms. The van der Waals surface area contributed by atoms with Gasteiger partial charge in [-0.3, -0.25) is 0 Å². The van der Waals surface area contributed by atoms with E-state index in [1.54, 1.807) is 12.1 Å². The van der Waals surface area contributed by atoms with Crippen molar-refractivity contribution in [1.29, 1.82) is 0 Å². The number of carboxylic acid groups (broad SMARTS) is 1. The van der Waals surface area contributed by atoms with Gasteiger partial charge in [-0.1, -0.05) is 24.3 Å². The van der Waals surface area contributed by atoms with Gasteiger partial charge in [0.1, 0.15) is 18.4 Å². The van der Waals surface area contributed by atoms with Crippen molar-refractivity contribution in [2.75, 3.05) is 45.2 Å². The average Bonchev–Trinajstić information content (AvgIpc) is 2.82. The molecule has 7 nitrogen and oxygen atoms in total. The number of rotatable bonds is 7. The van der Waals surface area contributed by atoms with E-state index in [9.17, 15) is 9.90 Å². The molecule has 0 amide bonds. The van der Waals surface area contributed by atoms with Gasteiger partial charge < -0.3 is 30.7 Å². The fourth-order valence-electron chi connectivity index (χ4n) is 4.16. The van der Waals surface area contributed by atoms with Crippen LogP contribution in [0.1, 0.15) is 10.4 Å². The van der Waals surface area contributed by atoms with Crippen molar-refractivity contribution in [3.8, 4) is 22.5 Å². The van der Waals surface area contributed by atoms with Crippen LogP contribution in [-0.4, -0.2) is 46.2 Å². The summed E-state index contributed by atoms with van der Waals surface area (Å²) in [5.74, 6) is -0.558. The van der Waals surface area contributed by atoms with E-state index in [4.69, 9.17) is 15.9 Å². The highest BCUT2D eigenvalue weighted by Gasteiger charge is 2.20. The summed E-state index contributed by atoms with van der Waals surface area (Å²) in [5, 5.41) is 13.7. The average molecular weight is 445 g/mol. The van der Waals surface area contributed by atoms with E-state index in [1.807, 2.05) is 62.6 Å². The number of fused-ring (bicyclic) bond motifs is 2. The second-order valence-corrected chi connectivity index (χ2v) is 8.09. The topological polar surface area (TPSA) is 112 Å². The molecule has 0 unspecified atom stereocenters. The molecule has 0 bridgehead atoms. The first-order valence-corrected chi connectivity index (χ1v) is 10.9. The molecule has 0 fully saturated rings. The smallest absolute Gasteiger partial charge is 0.203 e. The Morgan fingerprint density at radius 2 is 1.82 bits per heavy atom. The van der Waals surface area contributed by atoms with Gasteiger partial charge in [-0.2, -0.15) is 0 Å². The normalized spacial score (nSPS) is 12.2. The molecule has 0 saturated carbocycles. The first-order valence-electron chi connectivity index (χ1n) is 10.9. The van der Waals surface area contributed by atoms with E-state index in [2.05, 4.69) is 9.48 Å². The lowest BCUT2D eigenvalue weighted by atomic mass is 9.90. The number of hydrogen-bond donors (Lipinski definition) is 2. The Kier molecular flexibility index (Phi) is 6.44. The van der Waals surface area contributed by atoms with Crippen LogP contribution in [0, 0.1) is 0 Å². The molecule has 1 heterocycles. The zero-order valence-electron chi connectivity index (χ0n) is 18.9. The van der Waals surface area contributed by atoms with Gasteiger partial charge in [0.25, 0.3) is 0 Å². The summed E-state index contributed by atoms with van der Waals surface area (Å²) in [4.78, 5) is 14.0. The molecule has 0 atom stereocenters. The van der Waals surface area contributed by atoms with Gasteiger partial charge >= 0.3 is 0 Å². The Bertz CT molecular complexity index is 1360. The van der Waals surface area contributed by atoms with Crippen molar-refractivity contribution in [2.45, 2.75) is 0 Å². The fourth-order valence-corrected chi connectivity index (χ4v) is 4.16. The summed E-state index contributed by atoms with van der Waals surface area (Å²) in [6.45, 7) is 2.47. The van der Waals surface area contributed by atoms with Crippen molar-refractivity contribution in [1.82, 2.24) is 4.58 Å². The van der Waals surface area contributed by atoms with E-state index in [-0.39, 0.29) is 5.56 Å². The molecule has 0 spiro atoms. The maximum Gasteiger partial charge on any atom is 0.203 e. The van der Waals surface area contributed by atoms with Crippen LogP contribution in [0.5, 0.6) is 0 Å². The van der Waals surface area contributed by atoms with Crippen molar-refractivity contribution in [3.63, 3.8) is 0 Å². The van der Waals surface area contributed by atoms with Crippen molar-refractivity contribution in [2.24, 2.45) is 11.5 Å². The predicted molar refractivity (Wildman–Crippen MR) is 130 cm³/mol. The van der Waals surface area contributed by atoms with Crippen LogP contribution in [-0.2, 0) is 0 Å². The summed E-state index contributed by atoms with van der Waals surface area (Å²) in [6.07, 6.45) is 0. The molecule has 2 aromatic rings. The third-order valence-electron chi connectivity index (χ3n) is 5.92. The molecule has 33 heavy (non-hydrogen) atoms. The molecule has 1 aliphatic carbocycles. The van der Waals surface area contributed by atoms with Gasteiger partial charge in [0, 0.05) is 60.0 Å². The number of aromatic carboxylic acids is 1. The maximum atomic E-state index is 11.9. The minimum absolute atomic E-state index is 0.139. The molecule has 4 N–H and O–H groups in total. The minimum atomic E-state index is -1.22. The van der Waals surface area contributed by atoms with E-state index < -0.39 is 5.97 Å². The number of nitrogens with two attached hydrogens (primary N) is 2. The highest BCUT2D eigenvalue weighted by atomic mass is 16.4. The molecule has 170 valence electrons. The number of hydrogen-bond acceptors (Lipinski definition) is 6. The largest absolute Gasteiger partial charge is 0.545 e. The van der Waals surface area contributed by atoms with Crippen molar-refractivity contribution < 1.29 is 14.3 Å². The number of benzene rings is 3. The van der Waals surface area contributed by atoms with Crippen LogP contribution >= 0.6 is 0 Å². The van der Waals surface area contributed by atoms with Gasteiger partial charge in [0.05, 0.1) is 18.6 Å². The Morgan fingerprint density at radius 3 is 2.55 bits per heavy atom. The van der Waals surface area contributed by atoms with Crippen molar-refractivity contribution in [3.05, 3.63) is 71.6 Å². The first-order chi connectivity index (χ1) is 15.9. The van der Waals surface area contributed by atoms with Crippen LogP contribution in [0.4, 0.5) is 5.69 Å². The number of carboxylic acids is 1.